The summed E-state index contributed by atoms with van der Waals surface area (Å²) in [5, 5.41) is 11.8. The maximum Gasteiger partial charge on any atom is 0.333 e. The molecule has 4 aromatic rings. The van der Waals surface area contributed by atoms with Gasteiger partial charge in [-0.05, 0) is 30.3 Å². The highest BCUT2D eigenvalue weighted by molar-refractivity contribution is 7.91. The molecule has 0 bridgehead atoms. The standard InChI is InChI=1S/C18H16N6O4S/c25-8-9-29(27,28)13-5-3-4-12(10-13)21-16-19-11-20-17(23-16)24-15-7-2-1-6-14(15)22-18(24)26/h1-7,10-11,25H,8-9H2,(H,22,26)(H,19,20,21,23). The lowest BCUT2D eigenvalue weighted by molar-refractivity contribution is 0.319. The zero-order valence-corrected chi connectivity index (χ0v) is 15.8. The van der Waals surface area contributed by atoms with Crippen molar-refractivity contribution in [3.63, 3.8) is 0 Å². The molecule has 0 radical (unpaired) electrons. The van der Waals surface area contributed by atoms with Crippen LogP contribution in [0.1, 0.15) is 0 Å². The molecule has 3 N–H and O–H groups in total. The third kappa shape index (κ3) is 3.73. The first-order valence-corrected chi connectivity index (χ1v) is 10.2. The minimum absolute atomic E-state index is 0.0682. The van der Waals surface area contributed by atoms with Crippen molar-refractivity contribution in [2.45, 2.75) is 4.90 Å². The van der Waals surface area contributed by atoms with Crippen LogP contribution in [0.2, 0.25) is 0 Å². The van der Waals surface area contributed by atoms with E-state index in [1.165, 1.54) is 23.0 Å². The molecule has 4 rings (SSSR count). The van der Waals surface area contributed by atoms with Crippen LogP contribution in [0, 0.1) is 0 Å². The Morgan fingerprint density at radius 1 is 1.10 bits per heavy atom. The van der Waals surface area contributed by atoms with Crippen LogP contribution in [0.3, 0.4) is 0 Å². The Morgan fingerprint density at radius 3 is 2.76 bits per heavy atom. The van der Waals surface area contributed by atoms with Crippen molar-refractivity contribution < 1.29 is 13.5 Å². The van der Waals surface area contributed by atoms with Gasteiger partial charge >= 0.3 is 5.69 Å². The van der Waals surface area contributed by atoms with Crippen molar-refractivity contribution in [3.8, 4) is 5.95 Å². The first kappa shape index (κ1) is 18.8. The molecule has 0 unspecified atom stereocenters. The number of aromatic amines is 1. The highest BCUT2D eigenvalue weighted by Crippen LogP contribution is 2.19. The highest BCUT2D eigenvalue weighted by Gasteiger charge is 2.15. The predicted molar refractivity (Wildman–Crippen MR) is 106 cm³/mol. The molecule has 10 nitrogen and oxygen atoms in total. The third-order valence-corrected chi connectivity index (χ3v) is 5.85. The first-order chi connectivity index (χ1) is 14.0. The van der Waals surface area contributed by atoms with Crippen LogP contribution in [-0.2, 0) is 9.84 Å². The fourth-order valence-electron chi connectivity index (χ4n) is 2.84. The van der Waals surface area contributed by atoms with Crippen molar-refractivity contribution in [3.05, 3.63) is 65.3 Å². The Bertz CT molecular complexity index is 1350. The molecule has 0 amide bonds. The van der Waals surface area contributed by atoms with Gasteiger partial charge in [0.1, 0.15) is 6.33 Å². The number of benzene rings is 2. The molecule has 2 heterocycles. The second-order valence-corrected chi connectivity index (χ2v) is 8.20. The number of aliphatic hydroxyl groups excluding tert-OH is 1. The summed E-state index contributed by atoms with van der Waals surface area (Å²) >= 11 is 0. The van der Waals surface area contributed by atoms with Crippen molar-refractivity contribution in [1.82, 2.24) is 24.5 Å². The number of rotatable bonds is 6. The summed E-state index contributed by atoms with van der Waals surface area (Å²) in [6.07, 6.45) is 1.26. The van der Waals surface area contributed by atoms with Crippen molar-refractivity contribution >= 4 is 32.5 Å². The van der Waals surface area contributed by atoms with E-state index >= 15 is 0 Å². The average molecular weight is 412 g/mol. The van der Waals surface area contributed by atoms with Gasteiger partial charge in [-0.25, -0.2) is 27.7 Å². The summed E-state index contributed by atoms with van der Waals surface area (Å²) in [7, 11) is -3.59. The Morgan fingerprint density at radius 2 is 1.93 bits per heavy atom. The van der Waals surface area contributed by atoms with Gasteiger partial charge in [-0.3, -0.25) is 0 Å². The summed E-state index contributed by atoms with van der Waals surface area (Å²) in [5.74, 6) is -0.103. The van der Waals surface area contributed by atoms with Gasteiger partial charge in [-0.15, -0.1) is 0 Å². The van der Waals surface area contributed by atoms with E-state index in [4.69, 9.17) is 5.11 Å². The molecule has 0 spiro atoms. The number of nitrogens with one attached hydrogen (secondary N) is 2. The summed E-state index contributed by atoms with van der Waals surface area (Å²) in [4.78, 5) is 27.5. The van der Waals surface area contributed by atoms with Crippen LogP contribution < -0.4 is 11.0 Å². The number of sulfone groups is 1. The Labute approximate surface area is 164 Å². The van der Waals surface area contributed by atoms with Gasteiger partial charge in [-0.2, -0.15) is 4.98 Å². The smallest absolute Gasteiger partial charge is 0.333 e. The number of anilines is 2. The van der Waals surface area contributed by atoms with Crippen molar-refractivity contribution in [1.29, 1.82) is 0 Å². The van der Waals surface area contributed by atoms with E-state index in [0.717, 1.165) is 0 Å². The number of hydrogen-bond acceptors (Lipinski definition) is 8. The lowest BCUT2D eigenvalue weighted by atomic mass is 10.3. The van der Waals surface area contributed by atoms with Crippen LogP contribution in [0.15, 0.2) is 64.5 Å². The lowest BCUT2D eigenvalue weighted by Gasteiger charge is -2.08. The number of fused-ring (bicyclic) bond motifs is 1. The molecule has 148 valence electrons. The van der Waals surface area contributed by atoms with Crippen LogP contribution in [0.5, 0.6) is 0 Å². The molecule has 0 saturated heterocycles. The Balaban J connectivity index is 1.69. The summed E-state index contributed by atoms with van der Waals surface area (Å²) in [6.45, 7) is -0.462. The molecule has 0 saturated carbocycles. The summed E-state index contributed by atoms with van der Waals surface area (Å²) < 4.78 is 25.6. The van der Waals surface area contributed by atoms with Gasteiger partial charge in [0.2, 0.25) is 11.9 Å². The largest absolute Gasteiger partial charge is 0.395 e. The number of aromatic nitrogens is 5. The molecule has 0 aliphatic rings. The van der Waals surface area contributed by atoms with Gasteiger partial charge in [0.05, 0.1) is 28.3 Å². The van der Waals surface area contributed by atoms with Gasteiger partial charge < -0.3 is 15.4 Å². The van der Waals surface area contributed by atoms with Crippen LogP contribution in [-0.4, -0.2) is 50.4 Å². The number of H-pyrrole nitrogens is 1. The fraction of sp³-hybridized carbons (Fsp3) is 0.111. The second-order valence-electron chi connectivity index (χ2n) is 6.09. The Hall–Kier alpha value is -3.57. The van der Waals surface area contributed by atoms with Gasteiger partial charge in [0.15, 0.2) is 9.84 Å². The molecule has 29 heavy (non-hydrogen) atoms. The quantitative estimate of drug-likeness (QED) is 0.426. The molecule has 11 heteroatoms. The molecule has 0 aliphatic carbocycles. The number of imidazole rings is 1. The second kappa shape index (κ2) is 7.45. The van der Waals surface area contributed by atoms with E-state index in [0.29, 0.717) is 16.7 Å². The minimum Gasteiger partial charge on any atom is -0.395 e. The Kier molecular flexibility index (Phi) is 4.82. The highest BCUT2D eigenvalue weighted by atomic mass is 32.2. The lowest BCUT2D eigenvalue weighted by Crippen LogP contribution is -2.18. The number of aliphatic hydroxyl groups is 1. The van der Waals surface area contributed by atoms with E-state index < -0.39 is 16.4 Å². The van der Waals surface area contributed by atoms with Crippen molar-refractivity contribution in [2.75, 3.05) is 17.7 Å². The van der Waals surface area contributed by atoms with Crippen LogP contribution in [0.4, 0.5) is 11.6 Å². The molecule has 0 atom stereocenters. The topological polar surface area (TPSA) is 143 Å². The zero-order chi connectivity index (χ0) is 20.4. The van der Waals surface area contributed by atoms with Gasteiger partial charge in [-0.1, -0.05) is 18.2 Å². The molecule has 0 aliphatic heterocycles. The molecular formula is C18H16N6O4S. The zero-order valence-electron chi connectivity index (χ0n) is 15.0. The number of hydrogen-bond donors (Lipinski definition) is 3. The number of nitrogens with zero attached hydrogens (tertiary/aromatic N) is 4. The van der Waals surface area contributed by atoms with E-state index in [1.807, 2.05) is 0 Å². The molecular weight excluding hydrogens is 396 g/mol. The van der Waals surface area contributed by atoms with Gasteiger partial charge in [0.25, 0.3) is 0 Å². The van der Waals surface area contributed by atoms with E-state index in [1.54, 1.807) is 36.4 Å². The first-order valence-electron chi connectivity index (χ1n) is 8.58. The van der Waals surface area contributed by atoms with Gasteiger partial charge in [0, 0.05) is 5.69 Å². The summed E-state index contributed by atoms with van der Waals surface area (Å²) in [6, 6.07) is 13.2. The SMILES string of the molecule is O=c1[nH]c2ccccc2n1-c1ncnc(Nc2cccc(S(=O)(=O)CCO)c2)n1. The normalized spacial score (nSPS) is 11.6. The number of para-hydroxylation sites is 2. The monoisotopic (exact) mass is 412 g/mol. The summed E-state index contributed by atoms with van der Waals surface area (Å²) in [5.41, 5.74) is 1.31. The van der Waals surface area contributed by atoms with E-state index in [9.17, 15) is 13.2 Å². The predicted octanol–water partition coefficient (Wildman–Crippen LogP) is 1.01. The van der Waals surface area contributed by atoms with Crippen LogP contribution in [0.25, 0.3) is 17.0 Å². The third-order valence-electron chi connectivity index (χ3n) is 4.16. The minimum atomic E-state index is -3.59. The molecule has 0 fully saturated rings. The maximum atomic E-state index is 12.3. The fourth-order valence-corrected chi connectivity index (χ4v) is 3.91. The van der Waals surface area contributed by atoms with Crippen LogP contribution >= 0.6 is 0 Å². The molecule has 2 aromatic carbocycles. The molecule has 2 aromatic heterocycles. The van der Waals surface area contributed by atoms with Crippen molar-refractivity contribution in [2.24, 2.45) is 0 Å². The maximum absolute atomic E-state index is 12.3. The van der Waals surface area contributed by atoms with E-state index in [2.05, 4.69) is 25.3 Å². The van der Waals surface area contributed by atoms with E-state index in [-0.39, 0.29) is 28.2 Å². The average Bonchev–Trinajstić information content (AvgIpc) is 3.04.